The summed E-state index contributed by atoms with van der Waals surface area (Å²) in [5, 5.41) is 2.88. The molecule has 0 spiro atoms. The summed E-state index contributed by atoms with van der Waals surface area (Å²) in [6.07, 6.45) is 3.47. The minimum absolute atomic E-state index is 0.145. The van der Waals surface area contributed by atoms with Crippen LogP contribution in [0.3, 0.4) is 0 Å². The molecule has 0 aromatic heterocycles. The van der Waals surface area contributed by atoms with E-state index < -0.39 is 0 Å². The van der Waals surface area contributed by atoms with Gasteiger partial charge in [0.05, 0.1) is 17.8 Å². The van der Waals surface area contributed by atoms with Crippen molar-refractivity contribution in [1.82, 2.24) is 10.2 Å². The van der Waals surface area contributed by atoms with Crippen molar-refractivity contribution < 1.29 is 14.4 Å². The van der Waals surface area contributed by atoms with E-state index in [1.54, 1.807) is 0 Å². The average molecular weight is 394 g/mol. The first-order valence-electron chi connectivity index (χ1n) is 9.58. The highest BCUT2D eigenvalue weighted by atomic mass is 32.2. The van der Waals surface area contributed by atoms with E-state index in [4.69, 9.17) is 0 Å². The van der Waals surface area contributed by atoms with Gasteiger partial charge in [-0.1, -0.05) is 67.1 Å². The fourth-order valence-corrected chi connectivity index (χ4v) is 4.73. The van der Waals surface area contributed by atoms with Gasteiger partial charge in [0.2, 0.25) is 5.91 Å². The van der Waals surface area contributed by atoms with Crippen molar-refractivity contribution in [3.63, 3.8) is 0 Å². The van der Waals surface area contributed by atoms with Crippen LogP contribution in [0, 0.1) is 0 Å². The number of hydrogen-bond acceptors (Lipinski definition) is 4. The Morgan fingerprint density at radius 2 is 1.61 bits per heavy atom. The second kappa shape index (κ2) is 8.19. The predicted octanol–water partition coefficient (Wildman–Crippen LogP) is 4.09. The van der Waals surface area contributed by atoms with E-state index >= 15 is 0 Å². The minimum Gasteiger partial charge on any atom is -0.347 e. The van der Waals surface area contributed by atoms with Gasteiger partial charge in [-0.25, -0.2) is 0 Å². The Balaban J connectivity index is 1.47. The van der Waals surface area contributed by atoms with Crippen LogP contribution in [0.4, 0.5) is 4.79 Å². The monoisotopic (exact) mass is 394 g/mol. The van der Waals surface area contributed by atoms with Gasteiger partial charge in [0.1, 0.15) is 0 Å². The Bertz CT molecular complexity index is 866. The maximum atomic E-state index is 12.8. The van der Waals surface area contributed by atoms with Crippen LogP contribution in [0.2, 0.25) is 0 Å². The van der Waals surface area contributed by atoms with E-state index in [1.165, 1.54) is 4.90 Å². The lowest BCUT2D eigenvalue weighted by Crippen LogP contribution is -2.54. The molecule has 1 saturated carbocycles. The summed E-state index contributed by atoms with van der Waals surface area (Å²) < 4.78 is 0. The predicted molar refractivity (Wildman–Crippen MR) is 110 cm³/mol. The maximum Gasteiger partial charge on any atom is 0.289 e. The molecule has 1 aliphatic heterocycles. The number of imide groups is 1. The van der Waals surface area contributed by atoms with Crippen molar-refractivity contribution >= 4 is 28.8 Å². The van der Waals surface area contributed by atoms with Crippen molar-refractivity contribution in [2.45, 2.75) is 37.8 Å². The molecular formula is C22H22N2O3S. The van der Waals surface area contributed by atoms with Crippen molar-refractivity contribution in [2.75, 3.05) is 5.75 Å². The van der Waals surface area contributed by atoms with Crippen molar-refractivity contribution in [2.24, 2.45) is 0 Å². The standard InChI is InChI=1S/C22H22N2O3S/c25-20-14-28-22(27)24(20)19-9-5-4-8-18(19)23-21(26)17-12-10-16(11-13-17)15-6-2-1-3-7-15/h1-3,6-7,10-13,18-19H,4-5,8-9,14H2,(H,23,26). The minimum atomic E-state index is -0.240. The van der Waals surface area contributed by atoms with Gasteiger partial charge < -0.3 is 5.32 Å². The van der Waals surface area contributed by atoms with Gasteiger partial charge in [-0.05, 0) is 36.1 Å². The number of nitrogens with zero attached hydrogens (tertiary/aromatic N) is 1. The molecule has 0 bridgehead atoms. The smallest absolute Gasteiger partial charge is 0.289 e. The average Bonchev–Trinajstić information content (AvgIpc) is 3.07. The Morgan fingerprint density at radius 3 is 2.29 bits per heavy atom. The van der Waals surface area contributed by atoms with E-state index in [-0.39, 0.29) is 34.9 Å². The fraction of sp³-hybridized carbons (Fsp3) is 0.318. The van der Waals surface area contributed by atoms with Crippen LogP contribution < -0.4 is 5.32 Å². The molecule has 2 aliphatic rings. The molecule has 1 aliphatic carbocycles. The highest BCUT2D eigenvalue weighted by Crippen LogP contribution is 2.30. The molecule has 2 unspecified atom stereocenters. The van der Waals surface area contributed by atoms with Crippen molar-refractivity contribution in [3.8, 4) is 11.1 Å². The molecule has 3 amide bonds. The van der Waals surface area contributed by atoms with Crippen LogP contribution in [-0.2, 0) is 4.79 Å². The third-order valence-electron chi connectivity index (χ3n) is 5.42. The van der Waals surface area contributed by atoms with Gasteiger partial charge in [-0.3, -0.25) is 19.3 Å². The molecule has 6 heteroatoms. The Labute approximate surface area is 168 Å². The summed E-state index contributed by atoms with van der Waals surface area (Å²) in [5.41, 5.74) is 2.74. The van der Waals surface area contributed by atoms with E-state index in [0.717, 1.165) is 48.6 Å². The topological polar surface area (TPSA) is 66.5 Å². The van der Waals surface area contributed by atoms with E-state index in [0.29, 0.717) is 5.56 Å². The second-order valence-electron chi connectivity index (χ2n) is 7.19. The first-order chi connectivity index (χ1) is 13.6. The van der Waals surface area contributed by atoms with E-state index in [2.05, 4.69) is 5.32 Å². The van der Waals surface area contributed by atoms with Gasteiger partial charge in [0.15, 0.2) is 0 Å². The molecule has 144 valence electrons. The molecule has 4 rings (SSSR count). The zero-order valence-electron chi connectivity index (χ0n) is 15.5. The molecular weight excluding hydrogens is 372 g/mol. The first kappa shape index (κ1) is 18.7. The van der Waals surface area contributed by atoms with Gasteiger partial charge >= 0.3 is 0 Å². The summed E-state index contributed by atoms with van der Waals surface area (Å²) >= 11 is 1.05. The molecule has 2 aromatic carbocycles. The zero-order valence-corrected chi connectivity index (χ0v) is 16.3. The van der Waals surface area contributed by atoms with E-state index in [9.17, 15) is 14.4 Å². The molecule has 1 N–H and O–H groups in total. The Hall–Kier alpha value is -2.60. The summed E-state index contributed by atoms with van der Waals surface area (Å²) in [6.45, 7) is 0. The fourth-order valence-electron chi connectivity index (χ4n) is 3.97. The summed E-state index contributed by atoms with van der Waals surface area (Å²) in [5.74, 6) is -0.103. The lowest BCUT2D eigenvalue weighted by Gasteiger charge is -2.36. The molecule has 1 saturated heterocycles. The first-order valence-corrected chi connectivity index (χ1v) is 10.6. The Morgan fingerprint density at radius 1 is 0.929 bits per heavy atom. The summed E-state index contributed by atoms with van der Waals surface area (Å²) in [4.78, 5) is 38.4. The number of amides is 3. The quantitative estimate of drug-likeness (QED) is 0.848. The lowest BCUT2D eigenvalue weighted by atomic mass is 9.89. The van der Waals surface area contributed by atoms with E-state index in [1.807, 2.05) is 54.6 Å². The number of thioether (sulfide) groups is 1. The van der Waals surface area contributed by atoms with Crippen LogP contribution in [0.1, 0.15) is 36.0 Å². The summed E-state index contributed by atoms with van der Waals surface area (Å²) in [6, 6.07) is 17.1. The molecule has 1 heterocycles. The SMILES string of the molecule is O=C(NC1CCCCC1N1C(=O)CSC1=O)c1ccc(-c2ccccc2)cc1. The number of nitrogens with one attached hydrogen (secondary N) is 1. The normalized spacial score (nSPS) is 22.4. The van der Waals surface area contributed by atoms with Crippen LogP contribution in [0.25, 0.3) is 11.1 Å². The van der Waals surface area contributed by atoms with Crippen molar-refractivity contribution in [1.29, 1.82) is 0 Å². The van der Waals surface area contributed by atoms with Gasteiger partial charge in [0, 0.05) is 5.56 Å². The largest absolute Gasteiger partial charge is 0.347 e. The van der Waals surface area contributed by atoms with Gasteiger partial charge in [0.25, 0.3) is 11.1 Å². The number of carbonyl (C=O) groups excluding carboxylic acids is 3. The summed E-state index contributed by atoms with van der Waals surface area (Å²) in [7, 11) is 0. The molecule has 2 aromatic rings. The van der Waals surface area contributed by atoms with Crippen LogP contribution in [0.5, 0.6) is 0 Å². The number of benzene rings is 2. The number of hydrogen-bond donors (Lipinski definition) is 1. The highest BCUT2D eigenvalue weighted by molar-refractivity contribution is 8.14. The Kier molecular flexibility index (Phi) is 5.48. The third-order valence-corrected chi connectivity index (χ3v) is 6.25. The number of carbonyl (C=O) groups is 3. The van der Waals surface area contributed by atoms with Crippen LogP contribution in [0.15, 0.2) is 54.6 Å². The van der Waals surface area contributed by atoms with Gasteiger partial charge in [-0.2, -0.15) is 0 Å². The third kappa shape index (κ3) is 3.83. The van der Waals surface area contributed by atoms with Gasteiger partial charge in [-0.15, -0.1) is 0 Å². The van der Waals surface area contributed by atoms with Crippen LogP contribution >= 0.6 is 11.8 Å². The van der Waals surface area contributed by atoms with Crippen LogP contribution in [-0.4, -0.2) is 39.8 Å². The highest BCUT2D eigenvalue weighted by Gasteiger charge is 2.41. The molecule has 2 atom stereocenters. The second-order valence-corrected chi connectivity index (χ2v) is 8.12. The molecule has 0 radical (unpaired) electrons. The molecule has 5 nitrogen and oxygen atoms in total. The molecule has 2 fully saturated rings. The van der Waals surface area contributed by atoms with Crippen molar-refractivity contribution in [3.05, 3.63) is 60.2 Å². The lowest BCUT2D eigenvalue weighted by molar-refractivity contribution is -0.127. The zero-order chi connectivity index (χ0) is 19.5. The number of rotatable bonds is 4. The molecule has 28 heavy (non-hydrogen) atoms. The maximum absolute atomic E-state index is 12.8.